The molecule has 1 unspecified atom stereocenters. The van der Waals surface area contributed by atoms with Crippen LogP contribution in [0.15, 0.2) is 16.9 Å². The molecule has 6 nitrogen and oxygen atoms in total. The molecule has 4 rings (SSSR count). The fourth-order valence-corrected chi connectivity index (χ4v) is 4.36. The van der Waals surface area contributed by atoms with Gasteiger partial charge in [0.15, 0.2) is 0 Å². The number of fused-ring (bicyclic) bond motifs is 1. The molecular weight excluding hydrogens is 304 g/mol. The Kier molecular flexibility index (Phi) is 3.90. The highest BCUT2D eigenvalue weighted by atomic mass is 16.5. The van der Waals surface area contributed by atoms with Crippen LogP contribution in [0.1, 0.15) is 65.8 Å². The lowest BCUT2D eigenvalue weighted by Gasteiger charge is -2.33. The highest BCUT2D eigenvalue weighted by Gasteiger charge is 2.39. The minimum Gasteiger partial charge on any atom is -0.361 e. The molecule has 1 fully saturated rings. The number of hydrogen-bond acceptors (Lipinski definition) is 4. The van der Waals surface area contributed by atoms with E-state index in [0.717, 1.165) is 25.3 Å². The van der Waals surface area contributed by atoms with Crippen LogP contribution in [0, 0.1) is 19.8 Å². The van der Waals surface area contributed by atoms with Crippen molar-refractivity contribution < 1.29 is 9.32 Å². The van der Waals surface area contributed by atoms with Crippen LogP contribution in [0.5, 0.6) is 0 Å². The van der Waals surface area contributed by atoms with Crippen molar-refractivity contribution >= 4 is 5.91 Å². The Balaban J connectivity index is 1.76. The van der Waals surface area contributed by atoms with Crippen LogP contribution < -0.4 is 0 Å². The van der Waals surface area contributed by atoms with Crippen molar-refractivity contribution in [3.05, 3.63) is 35.2 Å². The molecule has 0 aromatic carbocycles. The average Bonchev–Trinajstić information content (AvgIpc) is 3.28. The van der Waals surface area contributed by atoms with Gasteiger partial charge in [0.2, 0.25) is 0 Å². The fraction of sp³-hybridized carbons (Fsp3) is 0.611. The number of amides is 1. The molecule has 1 aliphatic heterocycles. The van der Waals surface area contributed by atoms with Crippen molar-refractivity contribution in [3.63, 3.8) is 0 Å². The summed E-state index contributed by atoms with van der Waals surface area (Å²) in [7, 11) is 0. The zero-order valence-corrected chi connectivity index (χ0v) is 14.4. The third-order valence-electron chi connectivity index (χ3n) is 5.50. The summed E-state index contributed by atoms with van der Waals surface area (Å²) in [5.41, 5.74) is 1.30. The van der Waals surface area contributed by atoms with Gasteiger partial charge >= 0.3 is 0 Å². The largest absolute Gasteiger partial charge is 0.361 e. The number of imidazole rings is 1. The number of hydrogen-bond donors (Lipinski definition) is 0. The maximum Gasteiger partial charge on any atom is 0.260 e. The molecule has 1 saturated carbocycles. The van der Waals surface area contributed by atoms with Crippen LogP contribution >= 0.6 is 0 Å². The van der Waals surface area contributed by atoms with Gasteiger partial charge in [-0.3, -0.25) is 4.79 Å². The molecule has 3 heterocycles. The first kappa shape index (κ1) is 15.4. The van der Waals surface area contributed by atoms with Crippen molar-refractivity contribution in [2.75, 3.05) is 6.54 Å². The lowest BCUT2D eigenvalue weighted by atomic mass is 9.95. The summed E-state index contributed by atoms with van der Waals surface area (Å²) in [6.07, 6.45) is 9.68. The smallest absolute Gasteiger partial charge is 0.260 e. The van der Waals surface area contributed by atoms with E-state index in [1.165, 1.54) is 25.7 Å². The van der Waals surface area contributed by atoms with Gasteiger partial charge in [0, 0.05) is 25.5 Å². The van der Waals surface area contributed by atoms with E-state index in [2.05, 4.69) is 14.7 Å². The number of aromatic nitrogens is 3. The molecule has 1 amide bonds. The van der Waals surface area contributed by atoms with Gasteiger partial charge in [-0.1, -0.05) is 18.0 Å². The van der Waals surface area contributed by atoms with E-state index in [-0.39, 0.29) is 11.9 Å². The van der Waals surface area contributed by atoms with Crippen molar-refractivity contribution in [2.45, 2.75) is 58.5 Å². The van der Waals surface area contributed by atoms with Crippen LogP contribution in [0.3, 0.4) is 0 Å². The Morgan fingerprint density at radius 1 is 1.21 bits per heavy atom. The van der Waals surface area contributed by atoms with E-state index in [4.69, 9.17) is 4.52 Å². The second kappa shape index (κ2) is 6.07. The van der Waals surface area contributed by atoms with Crippen LogP contribution in [-0.2, 0) is 6.54 Å². The molecule has 0 bridgehead atoms. The quantitative estimate of drug-likeness (QED) is 0.849. The van der Waals surface area contributed by atoms with Gasteiger partial charge in [-0.05, 0) is 39.0 Å². The number of rotatable bonds is 2. The SMILES string of the molecule is Cc1noc(C)c1C(=O)N1CCCn2ccnc2C1C1CCCC1. The van der Waals surface area contributed by atoms with E-state index < -0.39 is 0 Å². The molecule has 6 heteroatoms. The molecule has 0 radical (unpaired) electrons. The molecular formula is C18H24N4O2. The third-order valence-corrected chi connectivity index (χ3v) is 5.50. The Morgan fingerprint density at radius 2 is 2.00 bits per heavy atom. The molecule has 1 atom stereocenters. The van der Waals surface area contributed by atoms with E-state index in [1.807, 2.05) is 31.1 Å². The van der Waals surface area contributed by atoms with Crippen LogP contribution in [0.4, 0.5) is 0 Å². The zero-order valence-electron chi connectivity index (χ0n) is 14.4. The van der Waals surface area contributed by atoms with Crippen molar-refractivity contribution in [1.82, 2.24) is 19.6 Å². The van der Waals surface area contributed by atoms with Crippen LogP contribution in [-0.4, -0.2) is 32.1 Å². The van der Waals surface area contributed by atoms with Crippen LogP contribution in [0.25, 0.3) is 0 Å². The second-order valence-electron chi connectivity index (χ2n) is 7.02. The van der Waals surface area contributed by atoms with Gasteiger partial charge in [0.25, 0.3) is 5.91 Å². The normalized spacial score (nSPS) is 21.8. The van der Waals surface area contributed by atoms with Gasteiger partial charge in [-0.2, -0.15) is 0 Å². The molecule has 2 aromatic rings. The van der Waals surface area contributed by atoms with Crippen molar-refractivity contribution in [2.24, 2.45) is 5.92 Å². The number of carbonyl (C=O) groups excluding carboxylic acids is 1. The number of carbonyl (C=O) groups is 1. The summed E-state index contributed by atoms with van der Waals surface area (Å²) < 4.78 is 7.46. The third kappa shape index (κ3) is 2.44. The molecule has 0 saturated heterocycles. The summed E-state index contributed by atoms with van der Waals surface area (Å²) in [6.45, 7) is 5.33. The van der Waals surface area contributed by atoms with Gasteiger partial charge in [-0.25, -0.2) is 4.98 Å². The molecule has 0 spiro atoms. The number of nitrogens with zero attached hydrogens (tertiary/aromatic N) is 4. The maximum absolute atomic E-state index is 13.3. The minimum absolute atomic E-state index is 0.0413. The molecule has 1 aliphatic carbocycles. The predicted molar refractivity (Wildman–Crippen MR) is 88.6 cm³/mol. The minimum atomic E-state index is 0.0413. The Labute approximate surface area is 141 Å². The molecule has 24 heavy (non-hydrogen) atoms. The Morgan fingerprint density at radius 3 is 2.71 bits per heavy atom. The summed E-state index contributed by atoms with van der Waals surface area (Å²) >= 11 is 0. The van der Waals surface area contributed by atoms with Crippen LogP contribution in [0.2, 0.25) is 0 Å². The summed E-state index contributed by atoms with van der Waals surface area (Å²) in [6, 6.07) is 0.0613. The lowest BCUT2D eigenvalue weighted by Crippen LogP contribution is -2.39. The zero-order chi connectivity index (χ0) is 16.7. The highest BCUT2D eigenvalue weighted by molar-refractivity contribution is 5.96. The molecule has 2 aliphatic rings. The fourth-order valence-electron chi connectivity index (χ4n) is 4.36. The Hall–Kier alpha value is -2.11. The van der Waals surface area contributed by atoms with Gasteiger partial charge in [0.1, 0.15) is 17.1 Å². The lowest BCUT2D eigenvalue weighted by molar-refractivity contribution is 0.0600. The van der Waals surface area contributed by atoms with Gasteiger partial charge in [-0.15, -0.1) is 0 Å². The molecule has 2 aromatic heterocycles. The highest BCUT2D eigenvalue weighted by Crippen LogP contribution is 2.41. The standard InChI is InChI=1S/C18H24N4O2/c1-12-15(13(2)24-20-12)18(23)22-10-5-9-21-11-8-19-17(21)16(22)14-6-3-4-7-14/h8,11,14,16H,3-7,9-10H2,1-2H3. The first-order valence-electron chi connectivity index (χ1n) is 8.91. The average molecular weight is 328 g/mol. The van der Waals surface area contributed by atoms with Crippen molar-refractivity contribution in [3.8, 4) is 0 Å². The second-order valence-corrected chi connectivity index (χ2v) is 7.02. The van der Waals surface area contributed by atoms with E-state index in [9.17, 15) is 4.79 Å². The topological polar surface area (TPSA) is 64.2 Å². The summed E-state index contributed by atoms with van der Waals surface area (Å²) in [4.78, 5) is 20.0. The van der Waals surface area contributed by atoms with E-state index >= 15 is 0 Å². The first-order chi connectivity index (χ1) is 11.7. The number of aryl methyl sites for hydroxylation is 3. The van der Waals surface area contributed by atoms with E-state index in [1.54, 1.807) is 0 Å². The maximum atomic E-state index is 13.3. The van der Waals surface area contributed by atoms with Crippen molar-refractivity contribution in [1.29, 1.82) is 0 Å². The summed E-state index contributed by atoms with van der Waals surface area (Å²) in [5, 5.41) is 3.97. The summed E-state index contributed by atoms with van der Waals surface area (Å²) in [5.74, 6) is 2.18. The monoisotopic (exact) mass is 328 g/mol. The molecule has 128 valence electrons. The van der Waals surface area contributed by atoms with Gasteiger partial charge in [0.05, 0.1) is 11.7 Å². The molecule has 0 N–H and O–H groups in total. The Bertz CT molecular complexity index is 723. The van der Waals surface area contributed by atoms with Gasteiger partial charge < -0.3 is 14.0 Å². The first-order valence-corrected chi connectivity index (χ1v) is 8.91. The predicted octanol–water partition coefficient (Wildman–Crippen LogP) is 3.27. The van der Waals surface area contributed by atoms with E-state index in [0.29, 0.717) is 22.9 Å².